The van der Waals surface area contributed by atoms with E-state index in [1.807, 2.05) is 25.1 Å². The molecule has 1 heterocycles. The van der Waals surface area contributed by atoms with E-state index in [0.717, 1.165) is 12.0 Å². The monoisotopic (exact) mass is 291 g/mol. The second kappa shape index (κ2) is 6.72. The summed E-state index contributed by atoms with van der Waals surface area (Å²) < 4.78 is 5.23. The zero-order valence-electron chi connectivity index (χ0n) is 12.2. The topological polar surface area (TPSA) is 75.6 Å². The van der Waals surface area contributed by atoms with Crippen LogP contribution in [0, 0.1) is 5.41 Å². The zero-order valence-corrected chi connectivity index (χ0v) is 12.2. The highest BCUT2D eigenvalue weighted by Gasteiger charge is 2.40. The number of rotatable bonds is 5. The van der Waals surface area contributed by atoms with Crippen LogP contribution in [0.2, 0.25) is 0 Å². The van der Waals surface area contributed by atoms with Gasteiger partial charge in [0.05, 0.1) is 5.41 Å². The summed E-state index contributed by atoms with van der Waals surface area (Å²) in [6.07, 6.45) is 1.62. The average molecular weight is 291 g/mol. The number of amides is 1. The maximum absolute atomic E-state index is 12.3. The predicted octanol–water partition coefficient (Wildman–Crippen LogP) is 1.86. The summed E-state index contributed by atoms with van der Waals surface area (Å²) in [4.78, 5) is 23.8. The van der Waals surface area contributed by atoms with Crippen molar-refractivity contribution < 1.29 is 19.4 Å². The van der Waals surface area contributed by atoms with Gasteiger partial charge in [-0.2, -0.15) is 0 Å². The first kappa shape index (κ1) is 15.5. The number of carboxylic acids is 1. The van der Waals surface area contributed by atoms with E-state index in [4.69, 9.17) is 4.74 Å². The molecule has 0 radical (unpaired) electrons. The lowest BCUT2D eigenvalue weighted by atomic mass is 9.80. The number of hydrogen-bond donors (Lipinski definition) is 2. The van der Waals surface area contributed by atoms with Crippen LogP contribution in [-0.4, -0.2) is 36.7 Å². The molecular weight excluding hydrogens is 270 g/mol. The number of aliphatic carboxylic acids is 1. The number of nitrogens with one attached hydrogen (secondary N) is 1. The molecular formula is C16H21NO4. The molecule has 0 saturated carbocycles. The van der Waals surface area contributed by atoms with Crippen LogP contribution in [0.25, 0.3) is 0 Å². The third-order valence-electron chi connectivity index (χ3n) is 4.13. The highest BCUT2D eigenvalue weighted by Crippen LogP contribution is 2.30. The fourth-order valence-electron chi connectivity index (χ4n) is 2.62. The van der Waals surface area contributed by atoms with Gasteiger partial charge in [0, 0.05) is 25.3 Å². The van der Waals surface area contributed by atoms with Gasteiger partial charge in [-0.05, 0) is 30.9 Å². The molecule has 2 N–H and O–H groups in total. The molecule has 2 rings (SSSR count). The van der Waals surface area contributed by atoms with Gasteiger partial charge in [0.15, 0.2) is 0 Å². The van der Waals surface area contributed by atoms with Gasteiger partial charge in [-0.3, -0.25) is 9.59 Å². The van der Waals surface area contributed by atoms with E-state index in [9.17, 15) is 14.7 Å². The maximum Gasteiger partial charge on any atom is 0.311 e. The van der Waals surface area contributed by atoms with Crippen LogP contribution in [0.5, 0.6) is 0 Å². The molecule has 0 aliphatic carbocycles. The summed E-state index contributed by atoms with van der Waals surface area (Å²) in [5.74, 6) is -1.07. The van der Waals surface area contributed by atoms with Gasteiger partial charge in [-0.1, -0.05) is 25.1 Å². The largest absolute Gasteiger partial charge is 0.481 e. The second-order valence-electron chi connectivity index (χ2n) is 5.39. The summed E-state index contributed by atoms with van der Waals surface area (Å²) in [6.45, 7) is 2.98. The summed E-state index contributed by atoms with van der Waals surface area (Å²) in [5, 5.41) is 12.3. The molecule has 5 heteroatoms. The van der Waals surface area contributed by atoms with Crippen LogP contribution >= 0.6 is 0 Å². The molecule has 1 aromatic rings. The molecule has 1 aliphatic rings. The second-order valence-corrected chi connectivity index (χ2v) is 5.39. The van der Waals surface area contributed by atoms with Gasteiger partial charge in [0.1, 0.15) is 0 Å². The van der Waals surface area contributed by atoms with Crippen molar-refractivity contribution in [2.45, 2.75) is 26.2 Å². The van der Waals surface area contributed by atoms with Crippen molar-refractivity contribution in [3.8, 4) is 0 Å². The summed E-state index contributed by atoms with van der Waals surface area (Å²) in [7, 11) is 0. The summed E-state index contributed by atoms with van der Waals surface area (Å²) in [6, 6.07) is 7.39. The number of aryl methyl sites for hydroxylation is 1. The first-order chi connectivity index (χ1) is 10.1. The van der Waals surface area contributed by atoms with Gasteiger partial charge in [-0.15, -0.1) is 0 Å². The first-order valence-corrected chi connectivity index (χ1v) is 7.26. The molecule has 0 aromatic heterocycles. The Kier molecular flexibility index (Phi) is 4.96. The third kappa shape index (κ3) is 3.42. The van der Waals surface area contributed by atoms with E-state index in [1.165, 1.54) is 0 Å². The molecule has 1 aliphatic heterocycles. The van der Waals surface area contributed by atoms with Gasteiger partial charge in [0.2, 0.25) is 0 Å². The third-order valence-corrected chi connectivity index (χ3v) is 4.13. The van der Waals surface area contributed by atoms with Gasteiger partial charge in [-0.25, -0.2) is 0 Å². The van der Waals surface area contributed by atoms with Crippen LogP contribution in [-0.2, 0) is 16.0 Å². The average Bonchev–Trinajstić information content (AvgIpc) is 2.53. The van der Waals surface area contributed by atoms with Crippen LogP contribution in [0.4, 0.5) is 0 Å². The molecule has 0 bridgehead atoms. The molecule has 21 heavy (non-hydrogen) atoms. The van der Waals surface area contributed by atoms with Crippen molar-refractivity contribution in [3.63, 3.8) is 0 Å². The molecule has 5 nitrogen and oxygen atoms in total. The Hall–Kier alpha value is -1.88. The van der Waals surface area contributed by atoms with E-state index < -0.39 is 11.4 Å². The molecule has 1 fully saturated rings. The predicted molar refractivity (Wildman–Crippen MR) is 78.3 cm³/mol. The van der Waals surface area contributed by atoms with E-state index >= 15 is 0 Å². The lowest BCUT2D eigenvalue weighted by molar-refractivity contribution is -0.154. The van der Waals surface area contributed by atoms with Gasteiger partial charge < -0.3 is 15.2 Å². The van der Waals surface area contributed by atoms with E-state index in [-0.39, 0.29) is 12.5 Å². The molecule has 114 valence electrons. The minimum atomic E-state index is -0.908. The Morgan fingerprint density at radius 2 is 1.95 bits per heavy atom. The van der Waals surface area contributed by atoms with Crippen molar-refractivity contribution in [2.75, 3.05) is 19.8 Å². The number of hydrogen-bond acceptors (Lipinski definition) is 3. The molecule has 1 amide bonds. The first-order valence-electron chi connectivity index (χ1n) is 7.26. The van der Waals surface area contributed by atoms with Crippen LogP contribution in [0.15, 0.2) is 24.3 Å². The summed E-state index contributed by atoms with van der Waals surface area (Å²) in [5.41, 5.74) is 0.675. The van der Waals surface area contributed by atoms with Crippen molar-refractivity contribution >= 4 is 11.9 Å². The van der Waals surface area contributed by atoms with E-state index in [1.54, 1.807) is 6.07 Å². The number of ether oxygens (including phenoxy) is 1. The minimum Gasteiger partial charge on any atom is -0.481 e. The van der Waals surface area contributed by atoms with E-state index in [0.29, 0.717) is 31.6 Å². The fraction of sp³-hybridized carbons (Fsp3) is 0.500. The Balaban J connectivity index is 2.07. The van der Waals surface area contributed by atoms with Crippen molar-refractivity contribution in [1.82, 2.24) is 5.32 Å². The molecule has 1 saturated heterocycles. The Labute approximate surface area is 124 Å². The van der Waals surface area contributed by atoms with Crippen LogP contribution in [0.1, 0.15) is 35.7 Å². The number of carbonyl (C=O) groups is 2. The lowest BCUT2D eigenvalue weighted by Gasteiger charge is -2.33. The Bertz CT molecular complexity index is 521. The number of carboxylic acid groups (broad SMARTS) is 1. The highest BCUT2D eigenvalue weighted by molar-refractivity contribution is 5.96. The summed E-state index contributed by atoms with van der Waals surface area (Å²) >= 11 is 0. The zero-order chi connectivity index (χ0) is 15.3. The normalized spacial score (nSPS) is 17.2. The molecule has 1 aromatic carbocycles. The van der Waals surface area contributed by atoms with Gasteiger partial charge in [0.25, 0.3) is 5.91 Å². The van der Waals surface area contributed by atoms with E-state index in [2.05, 4.69) is 5.32 Å². The Morgan fingerprint density at radius 3 is 2.57 bits per heavy atom. The smallest absolute Gasteiger partial charge is 0.311 e. The quantitative estimate of drug-likeness (QED) is 0.868. The standard InChI is InChI=1S/C16H21NO4/c1-2-12-5-3-4-6-13(12)14(18)17-11-16(15(19)20)7-9-21-10-8-16/h3-6H,2,7-11H2,1H3,(H,17,18)(H,19,20). The van der Waals surface area contributed by atoms with Crippen molar-refractivity contribution in [3.05, 3.63) is 35.4 Å². The van der Waals surface area contributed by atoms with Crippen LogP contribution < -0.4 is 5.32 Å². The van der Waals surface area contributed by atoms with Crippen LogP contribution in [0.3, 0.4) is 0 Å². The maximum atomic E-state index is 12.3. The number of carbonyl (C=O) groups excluding carboxylic acids is 1. The fourth-order valence-corrected chi connectivity index (χ4v) is 2.62. The minimum absolute atomic E-state index is 0.141. The molecule has 0 unspecified atom stereocenters. The highest BCUT2D eigenvalue weighted by atomic mass is 16.5. The van der Waals surface area contributed by atoms with Gasteiger partial charge >= 0.3 is 5.97 Å². The lowest BCUT2D eigenvalue weighted by Crippen LogP contribution is -2.46. The SMILES string of the molecule is CCc1ccccc1C(=O)NCC1(C(=O)O)CCOCC1. The Morgan fingerprint density at radius 1 is 1.29 bits per heavy atom. The molecule has 0 atom stereocenters. The van der Waals surface area contributed by atoms with Crippen molar-refractivity contribution in [2.24, 2.45) is 5.41 Å². The van der Waals surface area contributed by atoms with Crippen molar-refractivity contribution in [1.29, 1.82) is 0 Å². The number of benzene rings is 1. The molecule has 0 spiro atoms.